The smallest absolute Gasteiger partial charge is 0.320 e. The van der Waals surface area contributed by atoms with Crippen LogP contribution in [0.15, 0.2) is 0 Å². The Morgan fingerprint density at radius 3 is 2.00 bits per heavy atom. The highest BCUT2D eigenvalue weighted by atomic mass is 16.4. The fourth-order valence-corrected chi connectivity index (χ4v) is 0.885. The van der Waals surface area contributed by atoms with E-state index in [9.17, 15) is 9.59 Å². The summed E-state index contributed by atoms with van der Waals surface area (Å²) in [6.07, 6.45) is 1.27. The van der Waals surface area contributed by atoms with Gasteiger partial charge in [0.05, 0.1) is 12.5 Å². The zero-order valence-electron chi connectivity index (χ0n) is 10.0. The molecule has 7 N–H and O–H groups in total. The van der Waals surface area contributed by atoms with E-state index in [1.807, 2.05) is 0 Å². The molecule has 1 unspecified atom stereocenters. The maximum atomic E-state index is 10.1. The number of hydrogen-bond acceptors (Lipinski definition) is 5. The molecular weight excluding hydrogens is 228 g/mol. The zero-order valence-corrected chi connectivity index (χ0v) is 10.0. The van der Waals surface area contributed by atoms with Gasteiger partial charge in [0.25, 0.3) is 0 Å². The van der Waals surface area contributed by atoms with Gasteiger partial charge in [-0.1, -0.05) is 6.42 Å². The Kier molecular flexibility index (Phi) is 12.1. The van der Waals surface area contributed by atoms with Crippen molar-refractivity contribution in [2.45, 2.75) is 44.8 Å². The number of aliphatic carboxylic acids is 2. The van der Waals surface area contributed by atoms with E-state index < -0.39 is 24.1 Å². The van der Waals surface area contributed by atoms with Gasteiger partial charge in [-0.3, -0.25) is 9.59 Å². The minimum atomic E-state index is -0.963. The topological polar surface area (TPSA) is 147 Å². The first kappa shape index (κ1) is 18.2. The standard InChI is InChI=1S/C6H14N2O2.C4H8O3/c7-4-2-1-3-5(8)6(9)10;1-3(5)2-4(6)7/h5H,1-4,7-8H2,(H,9,10);3,5H,2H2,1H3,(H,6,7)/t5-;/m0./s1. The van der Waals surface area contributed by atoms with Crippen LogP contribution in [-0.4, -0.2) is 45.9 Å². The Labute approximate surface area is 100 Å². The molecule has 0 radical (unpaired) electrons. The number of aliphatic hydroxyl groups is 1. The molecule has 0 saturated carbocycles. The molecule has 0 aromatic rings. The fourth-order valence-electron chi connectivity index (χ4n) is 0.885. The summed E-state index contributed by atoms with van der Waals surface area (Å²) in [5.41, 5.74) is 10.4. The third-order valence-electron chi connectivity index (χ3n) is 1.76. The van der Waals surface area contributed by atoms with Gasteiger partial charge in [-0.05, 0) is 26.3 Å². The Hall–Kier alpha value is -1.18. The van der Waals surface area contributed by atoms with E-state index in [0.717, 1.165) is 12.8 Å². The SMILES string of the molecule is CC(O)CC(=O)O.NCCCC[C@H](N)C(=O)O. The number of aliphatic hydroxyl groups excluding tert-OH is 1. The lowest BCUT2D eigenvalue weighted by molar-refractivity contribution is -0.139. The first-order valence-electron chi connectivity index (χ1n) is 5.39. The van der Waals surface area contributed by atoms with Gasteiger partial charge in [-0.15, -0.1) is 0 Å². The van der Waals surface area contributed by atoms with Gasteiger partial charge < -0.3 is 26.8 Å². The third kappa shape index (κ3) is 17.4. The summed E-state index contributed by atoms with van der Waals surface area (Å²) in [4.78, 5) is 19.8. The van der Waals surface area contributed by atoms with Crippen LogP contribution >= 0.6 is 0 Å². The minimum absolute atomic E-state index is 0.167. The molecule has 102 valence electrons. The van der Waals surface area contributed by atoms with Gasteiger partial charge >= 0.3 is 11.9 Å². The second kappa shape index (κ2) is 11.3. The van der Waals surface area contributed by atoms with E-state index in [1.165, 1.54) is 6.92 Å². The fraction of sp³-hybridized carbons (Fsp3) is 0.800. The van der Waals surface area contributed by atoms with Crippen molar-refractivity contribution >= 4 is 11.9 Å². The van der Waals surface area contributed by atoms with Crippen LogP contribution in [0.5, 0.6) is 0 Å². The van der Waals surface area contributed by atoms with Gasteiger partial charge in [0.15, 0.2) is 0 Å². The van der Waals surface area contributed by atoms with Crippen molar-refractivity contribution in [3.05, 3.63) is 0 Å². The van der Waals surface area contributed by atoms with E-state index in [1.54, 1.807) is 0 Å². The third-order valence-corrected chi connectivity index (χ3v) is 1.76. The van der Waals surface area contributed by atoms with Crippen molar-refractivity contribution < 1.29 is 24.9 Å². The molecule has 0 aromatic carbocycles. The molecule has 7 heteroatoms. The number of hydrogen-bond donors (Lipinski definition) is 5. The maximum Gasteiger partial charge on any atom is 0.320 e. The highest BCUT2D eigenvalue weighted by Gasteiger charge is 2.09. The molecule has 0 bridgehead atoms. The molecule has 0 saturated heterocycles. The molecule has 0 spiro atoms. The predicted octanol–water partition coefficient (Wildman–Crippen LogP) is -0.631. The summed E-state index contributed by atoms with van der Waals surface area (Å²) in [6, 6.07) is -0.716. The molecule has 7 nitrogen and oxygen atoms in total. The summed E-state index contributed by atoms with van der Waals surface area (Å²) in [5, 5.41) is 24.6. The zero-order chi connectivity index (χ0) is 13.8. The van der Waals surface area contributed by atoms with Crippen LogP contribution in [-0.2, 0) is 9.59 Å². The van der Waals surface area contributed by atoms with Crippen LogP contribution in [0, 0.1) is 0 Å². The van der Waals surface area contributed by atoms with Crippen molar-refractivity contribution in [3.8, 4) is 0 Å². The number of nitrogens with two attached hydrogens (primary N) is 2. The van der Waals surface area contributed by atoms with E-state index in [0.29, 0.717) is 13.0 Å². The van der Waals surface area contributed by atoms with Crippen molar-refractivity contribution in [1.29, 1.82) is 0 Å². The van der Waals surface area contributed by atoms with Gasteiger partial charge in [-0.2, -0.15) is 0 Å². The second-order valence-electron chi connectivity index (χ2n) is 3.68. The van der Waals surface area contributed by atoms with Crippen molar-refractivity contribution in [2.75, 3.05) is 6.54 Å². The van der Waals surface area contributed by atoms with Crippen LogP contribution < -0.4 is 11.5 Å². The van der Waals surface area contributed by atoms with Gasteiger partial charge in [-0.25, -0.2) is 0 Å². The lowest BCUT2D eigenvalue weighted by Gasteiger charge is -2.03. The number of carbonyl (C=O) groups is 2. The number of carboxylic acid groups (broad SMARTS) is 2. The molecule has 0 rings (SSSR count). The molecule has 0 amide bonds. The second-order valence-corrected chi connectivity index (χ2v) is 3.68. The van der Waals surface area contributed by atoms with Gasteiger partial charge in [0, 0.05) is 0 Å². The molecule has 0 aliphatic carbocycles. The highest BCUT2D eigenvalue weighted by Crippen LogP contribution is 1.96. The molecule has 17 heavy (non-hydrogen) atoms. The van der Waals surface area contributed by atoms with Gasteiger partial charge in [0.1, 0.15) is 6.04 Å². The number of carboxylic acids is 2. The molecule has 0 aliphatic heterocycles. The average Bonchev–Trinajstić information content (AvgIpc) is 2.16. The first-order valence-corrected chi connectivity index (χ1v) is 5.39. The van der Waals surface area contributed by atoms with Crippen molar-refractivity contribution in [3.63, 3.8) is 0 Å². The van der Waals surface area contributed by atoms with E-state index >= 15 is 0 Å². The molecule has 0 aliphatic rings. The normalized spacial score (nSPS) is 13.2. The lowest BCUT2D eigenvalue weighted by Crippen LogP contribution is -2.29. The molecule has 0 fully saturated rings. The molecule has 0 aromatic heterocycles. The van der Waals surface area contributed by atoms with Crippen LogP contribution in [0.3, 0.4) is 0 Å². The average molecular weight is 250 g/mol. The minimum Gasteiger partial charge on any atom is -0.481 e. The summed E-state index contributed by atoms with van der Waals surface area (Å²) >= 11 is 0. The molecular formula is C10H22N2O5. The Bertz CT molecular complexity index is 221. The first-order chi connectivity index (χ1) is 7.81. The maximum absolute atomic E-state index is 10.1. The van der Waals surface area contributed by atoms with Crippen molar-refractivity contribution in [2.24, 2.45) is 11.5 Å². The van der Waals surface area contributed by atoms with Gasteiger partial charge in [0.2, 0.25) is 0 Å². The summed E-state index contributed by atoms with van der Waals surface area (Å²) < 4.78 is 0. The largest absolute Gasteiger partial charge is 0.481 e. The van der Waals surface area contributed by atoms with Crippen LogP contribution in [0.2, 0.25) is 0 Å². The van der Waals surface area contributed by atoms with E-state index in [2.05, 4.69) is 0 Å². The van der Waals surface area contributed by atoms with Crippen LogP contribution in [0.4, 0.5) is 0 Å². The highest BCUT2D eigenvalue weighted by molar-refractivity contribution is 5.72. The lowest BCUT2D eigenvalue weighted by atomic mass is 10.1. The summed E-state index contributed by atoms with van der Waals surface area (Å²) in [7, 11) is 0. The Balaban J connectivity index is 0. The van der Waals surface area contributed by atoms with E-state index in [-0.39, 0.29) is 6.42 Å². The molecule has 0 heterocycles. The number of unbranched alkanes of at least 4 members (excludes halogenated alkanes) is 1. The number of rotatable bonds is 7. The Morgan fingerprint density at radius 1 is 1.24 bits per heavy atom. The van der Waals surface area contributed by atoms with Crippen molar-refractivity contribution in [1.82, 2.24) is 0 Å². The Morgan fingerprint density at radius 2 is 1.76 bits per heavy atom. The van der Waals surface area contributed by atoms with E-state index in [4.69, 9.17) is 26.8 Å². The predicted molar refractivity (Wildman–Crippen MR) is 62.5 cm³/mol. The quantitative estimate of drug-likeness (QED) is 0.378. The summed E-state index contributed by atoms with van der Waals surface area (Å²) in [5.74, 6) is -1.90. The van der Waals surface area contributed by atoms with Crippen LogP contribution in [0.1, 0.15) is 32.6 Å². The molecule has 2 atom stereocenters. The monoisotopic (exact) mass is 250 g/mol. The van der Waals surface area contributed by atoms with Crippen LogP contribution in [0.25, 0.3) is 0 Å². The summed E-state index contributed by atoms with van der Waals surface area (Å²) in [6.45, 7) is 2.04.